The van der Waals surface area contributed by atoms with Gasteiger partial charge in [-0.15, -0.1) is 0 Å². The monoisotopic (exact) mass is 275 g/mol. The van der Waals surface area contributed by atoms with Crippen LogP contribution in [0.2, 0.25) is 0 Å². The van der Waals surface area contributed by atoms with Crippen LogP contribution >= 0.6 is 0 Å². The van der Waals surface area contributed by atoms with Gasteiger partial charge in [0.25, 0.3) is 0 Å². The molecule has 0 saturated carbocycles. The Labute approximate surface area is 126 Å². The average Bonchev–Trinajstić information content (AvgIpc) is 2.37. The summed E-state index contributed by atoms with van der Waals surface area (Å²) in [4.78, 5) is 0. The van der Waals surface area contributed by atoms with E-state index < -0.39 is 0 Å². The molecule has 1 rings (SSSR count). The van der Waals surface area contributed by atoms with Gasteiger partial charge in [0.2, 0.25) is 0 Å². The van der Waals surface area contributed by atoms with E-state index in [0.717, 1.165) is 13.0 Å². The smallest absolute Gasteiger partial charge is 0.00472 e. The molecule has 0 aliphatic heterocycles. The Morgan fingerprint density at radius 2 is 1.50 bits per heavy atom. The summed E-state index contributed by atoms with van der Waals surface area (Å²) in [6.45, 7) is 17.4. The van der Waals surface area contributed by atoms with Crippen molar-refractivity contribution < 1.29 is 0 Å². The van der Waals surface area contributed by atoms with Crippen LogP contribution in [0.15, 0.2) is 30.3 Å². The Morgan fingerprint density at radius 3 is 2.00 bits per heavy atom. The van der Waals surface area contributed by atoms with Crippen molar-refractivity contribution in [2.24, 2.45) is 11.3 Å². The minimum Gasteiger partial charge on any atom is -0.314 e. The molecular formula is C19H33N. The summed E-state index contributed by atoms with van der Waals surface area (Å²) in [5.41, 5.74) is 2.00. The first-order valence-corrected chi connectivity index (χ1v) is 7.94. The summed E-state index contributed by atoms with van der Waals surface area (Å²) in [6, 6.07) is 11.4. The van der Waals surface area contributed by atoms with Gasteiger partial charge >= 0.3 is 0 Å². The maximum Gasteiger partial charge on any atom is 0.00472 e. The van der Waals surface area contributed by atoms with Gasteiger partial charge in [-0.3, -0.25) is 0 Å². The molecule has 114 valence electrons. The summed E-state index contributed by atoms with van der Waals surface area (Å²) in [5, 5.41) is 3.73. The summed E-state index contributed by atoms with van der Waals surface area (Å²) >= 11 is 0. The molecule has 1 heteroatoms. The van der Waals surface area contributed by atoms with Crippen molar-refractivity contribution >= 4 is 0 Å². The van der Waals surface area contributed by atoms with E-state index in [1.165, 1.54) is 5.56 Å². The van der Waals surface area contributed by atoms with Crippen LogP contribution in [0.1, 0.15) is 60.5 Å². The molecule has 0 aliphatic carbocycles. The lowest BCUT2D eigenvalue weighted by molar-refractivity contribution is 0.223. The first-order valence-electron chi connectivity index (χ1n) is 7.94. The molecule has 0 aromatic heterocycles. The van der Waals surface area contributed by atoms with Gasteiger partial charge in [0.05, 0.1) is 0 Å². The van der Waals surface area contributed by atoms with Crippen LogP contribution in [-0.2, 0) is 5.41 Å². The van der Waals surface area contributed by atoms with Gasteiger partial charge in [0, 0.05) is 12.6 Å². The van der Waals surface area contributed by atoms with Gasteiger partial charge in [-0.1, -0.05) is 71.9 Å². The normalized spacial score (nSPS) is 14.6. The van der Waals surface area contributed by atoms with Crippen molar-refractivity contribution in [3.05, 3.63) is 35.9 Å². The Morgan fingerprint density at radius 1 is 0.950 bits per heavy atom. The molecule has 0 fully saturated rings. The van der Waals surface area contributed by atoms with Crippen LogP contribution < -0.4 is 5.32 Å². The van der Waals surface area contributed by atoms with Crippen molar-refractivity contribution in [2.45, 2.75) is 66.3 Å². The summed E-state index contributed by atoms with van der Waals surface area (Å²) in [7, 11) is 0. The Bertz CT molecular complexity index is 389. The third-order valence-corrected chi connectivity index (χ3v) is 4.84. The molecule has 1 N–H and O–H groups in total. The molecule has 20 heavy (non-hydrogen) atoms. The van der Waals surface area contributed by atoms with Crippen LogP contribution in [-0.4, -0.2) is 12.6 Å². The lowest BCUT2D eigenvalue weighted by Gasteiger charge is -2.34. The molecule has 0 aliphatic rings. The fraction of sp³-hybridized carbons (Fsp3) is 0.684. The Balaban J connectivity index is 2.56. The number of nitrogens with one attached hydrogen (secondary N) is 1. The van der Waals surface area contributed by atoms with E-state index in [-0.39, 0.29) is 5.41 Å². The van der Waals surface area contributed by atoms with Gasteiger partial charge in [-0.05, 0) is 35.7 Å². The molecule has 0 amide bonds. The minimum absolute atomic E-state index is 0.218. The minimum atomic E-state index is 0.218. The lowest BCUT2D eigenvalue weighted by atomic mass is 9.78. The zero-order valence-electron chi connectivity index (χ0n) is 14.5. The van der Waals surface area contributed by atoms with Crippen LogP contribution in [0.4, 0.5) is 0 Å². The second kappa shape index (κ2) is 6.76. The highest BCUT2D eigenvalue weighted by molar-refractivity contribution is 5.23. The summed E-state index contributed by atoms with van der Waals surface area (Å²) in [6.07, 6.45) is 1.16. The molecule has 0 spiro atoms. The van der Waals surface area contributed by atoms with Crippen molar-refractivity contribution in [2.75, 3.05) is 6.54 Å². The van der Waals surface area contributed by atoms with Crippen LogP contribution in [0.25, 0.3) is 0 Å². The largest absolute Gasteiger partial charge is 0.314 e. The predicted molar refractivity (Wildman–Crippen MR) is 90.2 cm³/mol. The number of benzene rings is 1. The fourth-order valence-electron chi connectivity index (χ4n) is 2.49. The van der Waals surface area contributed by atoms with Crippen molar-refractivity contribution in [1.82, 2.24) is 5.32 Å². The molecule has 1 aromatic carbocycles. The number of hydrogen-bond donors (Lipinski definition) is 1. The third-order valence-electron chi connectivity index (χ3n) is 4.84. The molecule has 1 unspecified atom stereocenters. The summed E-state index contributed by atoms with van der Waals surface area (Å²) < 4.78 is 0. The van der Waals surface area contributed by atoms with Crippen LogP contribution in [0.5, 0.6) is 0 Å². The van der Waals surface area contributed by atoms with E-state index in [1.807, 2.05) is 0 Å². The van der Waals surface area contributed by atoms with Crippen molar-refractivity contribution in [1.29, 1.82) is 0 Å². The molecule has 1 nitrogen and oxygen atoms in total. The first-order chi connectivity index (χ1) is 9.15. The van der Waals surface area contributed by atoms with Crippen molar-refractivity contribution in [3.8, 4) is 0 Å². The lowest BCUT2D eigenvalue weighted by Crippen LogP contribution is -2.40. The van der Waals surface area contributed by atoms with E-state index >= 15 is 0 Å². The van der Waals surface area contributed by atoms with E-state index in [4.69, 9.17) is 0 Å². The highest BCUT2D eigenvalue weighted by atomic mass is 14.9. The van der Waals surface area contributed by atoms with Gasteiger partial charge in [-0.25, -0.2) is 0 Å². The quantitative estimate of drug-likeness (QED) is 0.737. The van der Waals surface area contributed by atoms with Crippen LogP contribution in [0.3, 0.4) is 0 Å². The van der Waals surface area contributed by atoms with E-state index in [1.54, 1.807) is 0 Å². The van der Waals surface area contributed by atoms with Gasteiger partial charge in [-0.2, -0.15) is 0 Å². The molecular weight excluding hydrogens is 242 g/mol. The second-order valence-electron chi connectivity index (χ2n) is 7.88. The highest BCUT2D eigenvalue weighted by Crippen LogP contribution is 2.29. The Kier molecular flexibility index (Phi) is 5.82. The van der Waals surface area contributed by atoms with Crippen molar-refractivity contribution in [3.63, 3.8) is 0 Å². The summed E-state index contributed by atoms with van der Waals surface area (Å²) in [5.74, 6) is 0.698. The molecule has 0 bridgehead atoms. The topological polar surface area (TPSA) is 12.0 Å². The number of hydrogen-bond acceptors (Lipinski definition) is 1. The number of rotatable bonds is 7. The first kappa shape index (κ1) is 17.2. The second-order valence-corrected chi connectivity index (χ2v) is 7.88. The predicted octanol–water partition coefficient (Wildman–Crippen LogP) is 5.01. The van der Waals surface area contributed by atoms with Gasteiger partial charge in [0.15, 0.2) is 0 Å². The maximum atomic E-state index is 3.73. The standard InChI is InChI=1S/C19H33N/c1-15(2)19(6,7)14-20-16(3)13-18(4,5)17-11-9-8-10-12-17/h8-12,15-16,20H,13-14H2,1-7H3. The SMILES string of the molecule is CC(CC(C)(C)c1ccccc1)NCC(C)(C)C(C)C. The zero-order valence-corrected chi connectivity index (χ0v) is 14.5. The van der Waals surface area contributed by atoms with Crippen LogP contribution in [0, 0.1) is 11.3 Å². The highest BCUT2D eigenvalue weighted by Gasteiger charge is 2.26. The fourth-order valence-corrected chi connectivity index (χ4v) is 2.49. The third kappa shape index (κ3) is 4.94. The van der Waals surface area contributed by atoms with E-state index in [0.29, 0.717) is 17.4 Å². The molecule has 0 radical (unpaired) electrons. The van der Waals surface area contributed by atoms with E-state index in [2.05, 4.69) is 84.1 Å². The average molecular weight is 275 g/mol. The zero-order chi connectivity index (χ0) is 15.4. The molecule has 1 atom stereocenters. The maximum absolute atomic E-state index is 3.73. The molecule has 0 heterocycles. The van der Waals surface area contributed by atoms with E-state index in [9.17, 15) is 0 Å². The van der Waals surface area contributed by atoms with Gasteiger partial charge in [0.1, 0.15) is 0 Å². The Hall–Kier alpha value is -0.820. The van der Waals surface area contributed by atoms with Gasteiger partial charge < -0.3 is 5.32 Å². The molecule has 0 saturated heterocycles. The molecule has 1 aromatic rings.